The molecule has 0 bridgehead atoms. The van der Waals surface area contributed by atoms with Crippen molar-refractivity contribution in [3.63, 3.8) is 0 Å². The van der Waals surface area contributed by atoms with Crippen molar-refractivity contribution in [2.45, 2.75) is 25.5 Å². The van der Waals surface area contributed by atoms with Crippen LogP contribution in [-0.4, -0.2) is 35.4 Å². The summed E-state index contributed by atoms with van der Waals surface area (Å²) in [5.41, 5.74) is 0.988. The lowest BCUT2D eigenvalue weighted by molar-refractivity contribution is -0.137. The number of amides is 1. The highest BCUT2D eigenvalue weighted by Crippen LogP contribution is 2.33. The van der Waals surface area contributed by atoms with Gasteiger partial charge in [-0.25, -0.2) is 0 Å². The Morgan fingerprint density at radius 2 is 2.17 bits per heavy atom. The number of aliphatic hydroxyl groups is 1. The molecule has 1 aromatic rings. The fourth-order valence-corrected chi connectivity index (χ4v) is 2.31. The average Bonchev–Trinajstić information content (AvgIpc) is 2.81. The summed E-state index contributed by atoms with van der Waals surface area (Å²) in [5, 5.41) is 9.59. The first kappa shape index (κ1) is 11.3. The molecule has 1 N–H and O–H groups in total. The van der Waals surface area contributed by atoms with Gasteiger partial charge >= 0.3 is 0 Å². The van der Waals surface area contributed by atoms with Crippen LogP contribution < -0.4 is 9.47 Å². The number of likely N-dealkylation sites (tertiary alicyclic amines) is 1. The molecule has 2 aliphatic rings. The van der Waals surface area contributed by atoms with E-state index in [0.29, 0.717) is 25.9 Å². The fraction of sp³-hybridized carbons (Fsp3) is 0.462. The number of hydrogen-bond acceptors (Lipinski definition) is 4. The van der Waals surface area contributed by atoms with Crippen LogP contribution in [0.2, 0.25) is 0 Å². The van der Waals surface area contributed by atoms with Gasteiger partial charge in [0.05, 0.1) is 6.10 Å². The first-order valence-electron chi connectivity index (χ1n) is 6.07. The van der Waals surface area contributed by atoms with Crippen molar-refractivity contribution in [3.8, 4) is 11.5 Å². The van der Waals surface area contributed by atoms with Crippen LogP contribution in [0.3, 0.4) is 0 Å². The molecule has 96 valence electrons. The molecule has 18 heavy (non-hydrogen) atoms. The summed E-state index contributed by atoms with van der Waals surface area (Å²) in [6.45, 7) is 1.17. The Kier molecular flexibility index (Phi) is 2.83. The van der Waals surface area contributed by atoms with Crippen LogP contribution in [-0.2, 0) is 11.3 Å². The minimum Gasteiger partial charge on any atom is -0.454 e. The van der Waals surface area contributed by atoms with E-state index >= 15 is 0 Å². The first-order valence-corrected chi connectivity index (χ1v) is 6.07. The van der Waals surface area contributed by atoms with E-state index < -0.39 is 6.10 Å². The van der Waals surface area contributed by atoms with Crippen molar-refractivity contribution in [3.05, 3.63) is 23.8 Å². The monoisotopic (exact) mass is 249 g/mol. The standard InChI is InChI=1S/C13H15NO4/c15-10-2-4-13(16)14(7-10)6-9-1-3-11-12(5-9)18-8-17-11/h1,3,5,10,15H,2,4,6-8H2. The summed E-state index contributed by atoms with van der Waals surface area (Å²) in [6.07, 6.45) is 0.582. The fourth-order valence-electron chi connectivity index (χ4n) is 2.31. The minimum atomic E-state index is -0.406. The van der Waals surface area contributed by atoms with Gasteiger partial charge in [0.15, 0.2) is 11.5 Å². The lowest BCUT2D eigenvalue weighted by Crippen LogP contribution is -2.41. The molecule has 2 heterocycles. The Hall–Kier alpha value is -1.75. The van der Waals surface area contributed by atoms with Gasteiger partial charge in [0.1, 0.15) is 0 Å². The van der Waals surface area contributed by atoms with Gasteiger partial charge in [-0.1, -0.05) is 6.07 Å². The minimum absolute atomic E-state index is 0.0953. The van der Waals surface area contributed by atoms with Crippen LogP contribution in [0.5, 0.6) is 11.5 Å². The number of aliphatic hydroxyl groups excluding tert-OH is 1. The molecule has 0 aromatic heterocycles. The van der Waals surface area contributed by atoms with Gasteiger partial charge in [-0.15, -0.1) is 0 Å². The van der Waals surface area contributed by atoms with Crippen molar-refractivity contribution in [1.29, 1.82) is 0 Å². The number of piperidine rings is 1. The molecule has 1 unspecified atom stereocenters. The second kappa shape index (κ2) is 4.49. The molecule has 1 atom stereocenters. The van der Waals surface area contributed by atoms with Gasteiger partial charge in [0.2, 0.25) is 12.7 Å². The normalized spacial score (nSPS) is 22.4. The van der Waals surface area contributed by atoms with E-state index in [9.17, 15) is 9.90 Å². The Morgan fingerprint density at radius 3 is 3.06 bits per heavy atom. The molecule has 0 saturated carbocycles. The predicted octanol–water partition coefficient (Wildman–Crippen LogP) is 0.899. The molecule has 2 aliphatic heterocycles. The van der Waals surface area contributed by atoms with E-state index in [2.05, 4.69) is 0 Å². The average molecular weight is 249 g/mol. The summed E-state index contributed by atoms with van der Waals surface area (Å²) >= 11 is 0. The number of hydrogen-bond donors (Lipinski definition) is 1. The summed E-state index contributed by atoms with van der Waals surface area (Å²) in [5.74, 6) is 1.55. The van der Waals surface area contributed by atoms with E-state index in [1.165, 1.54) is 0 Å². The SMILES string of the molecule is O=C1CCC(O)CN1Cc1ccc2c(c1)OCO2. The number of ether oxygens (including phenoxy) is 2. The number of carbonyl (C=O) groups is 1. The molecule has 1 aromatic carbocycles. The zero-order valence-electron chi connectivity index (χ0n) is 9.96. The van der Waals surface area contributed by atoms with Crippen LogP contribution in [0.4, 0.5) is 0 Å². The zero-order valence-corrected chi connectivity index (χ0v) is 9.96. The van der Waals surface area contributed by atoms with Crippen LogP contribution in [0, 0.1) is 0 Å². The highest BCUT2D eigenvalue weighted by atomic mass is 16.7. The molecule has 1 fully saturated rings. The Morgan fingerprint density at radius 1 is 1.33 bits per heavy atom. The number of nitrogens with zero attached hydrogens (tertiary/aromatic N) is 1. The Labute approximate surface area is 105 Å². The predicted molar refractivity (Wildman–Crippen MR) is 63.2 cm³/mol. The van der Waals surface area contributed by atoms with E-state index in [1.54, 1.807) is 4.90 Å². The second-order valence-electron chi connectivity index (χ2n) is 4.65. The van der Waals surface area contributed by atoms with E-state index in [-0.39, 0.29) is 12.7 Å². The number of fused-ring (bicyclic) bond motifs is 1. The van der Waals surface area contributed by atoms with Gasteiger partial charge in [-0.2, -0.15) is 0 Å². The molecular weight excluding hydrogens is 234 g/mol. The first-order chi connectivity index (χ1) is 8.72. The summed E-state index contributed by atoms with van der Waals surface area (Å²) in [6, 6.07) is 5.65. The third-order valence-electron chi connectivity index (χ3n) is 3.29. The van der Waals surface area contributed by atoms with Crippen molar-refractivity contribution in [1.82, 2.24) is 4.90 Å². The molecule has 5 heteroatoms. The van der Waals surface area contributed by atoms with Gasteiger partial charge in [0.25, 0.3) is 0 Å². The Bertz CT molecular complexity index is 474. The van der Waals surface area contributed by atoms with E-state index in [0.717, 1.165) is 17.1 Å². The van der Waals surface area contributed by atoms with E-state index in [1.807, 2.05) is 18.2 Å². The van der Waals surface area contributed by atoms with Crippen LogP contribution in [0.25, 0.3) is 0 Å². The lowest BCUT2D eigenvalue weighted by Gasteiger charge is -2.30. The molecule has 1 saturated heterocycles. The molecule has 3 rings (SSSR count). The second-order valence-corrected chi connectivity index (χ2v) is 4.65. The van der Waals surface area contributed by atoms with Gasteiger partial charge in [-0.05, 0) is 24.1 Å². The Balaban J connectivity index is 1.74. The maximum absolute atomic E-state index is 11.7. The van der Waals surface area contributed by atoms with Gasteiger partial charge < -0.3 is 19.5 Å². The molecule has 0 aliphatic carbocycles. The van der Waals surface area contributed by atoms with Crippen molar-refractivity contribution >= 4 is 5.91 Å². The van der Waals surface area contributed by atoms with Crippen LogP contribution in [0.1, 0.15) is 18.4 Å². The summed E-state index contributed by atoms with van der Waals surface area (Å²) in [4.78, 5) is 13.4. The van der Waals surface area contributed by atoms with E-state index in [4.69, 9.17) is 9.47 Å². The molecule has 0 radical (unpaired) electrons. The number of β-amino-alcohol motifs (C(OH)–C–C–N with tert-alkyl or cyclic N) is 1. The number of carbonyl (C=O) groups excluding carboxylic acids is 1. The maximum Gasteiger partial charge on any atom is 0.231 e. The lowest BCUT2D eigenvalue weighted by atomic mass is 10.1. The molecular formula is C13H15NO4. The summed E-state index contributed by atoms with van der Waals surface area (Å²) in [7, 11) is 0. The third-order valence-corrected chi connectivity index (χ3v) is 3.29. The van der Waals surface area contributed by atoms with Crippen molar-refractivity contribution in [2.24, 2.45) is 0 Å². The maximum atomic E-state index is 11.7. The van der Waals surface area contributed by atoms with Crippen LogP contribution in [0.15, 0.2) is 18.2 Å². The molecule has 0 spiro atoms. The zero-order chi connectivity index (χ0) is 12.5. The highest BCUT2D eigenvalue weighted by molar-refractivity contribution is 5.77. The van der Waals surface area contributed by atoms with Gasteiger partial charge in [0, 0.05) is 19.5 Å². The van der Waals surface area contributed by atoms with Crippen molar-refractivity contribution in [2.75, 3.05) is 13.3 Å². The molecule has 1 amide bonds. The number of rotatable bonds is 2. The summed E-state index contributed by atoms with van der Waals surface area (Å²) < 4.78 is 10.5. The smallest absolute Gasteiger partial charge is 0.231 e. The topological polar surface area (TPSA) is 59.0 Å². The van der Waals surface area contributed by atoms with Crippen LogP contribution >= 0.6 is 0 Å². The highest BCUT2D eigenvalue weighted by Gasteiger charge is 2.24. The quantitative estimate of drug-likeness (QED) is 0.846. The molecule has 5 nitrogen and oxygen atoms in total. The van der Waals surface area contributed by atoms with Crippen molar-refractivity contribution < 1.29 is 19.4 Å². The largest absolute Gasteiger partial charge is 0.454 e. The number of benzene rings is 1. The van der Waals surface area contributed by atoms with Gasteiger partial charge in [-0.3, -0.25) is 4.79 Å². The third kappa shape index (κ3) is 2.13.